The van der Waals surface area contributed by atoms with E-state index in [0.29, 0.717) is 17.5 Å². The van der Waals surface area contributed by atoms with Crippen LogP contribution in [-0.2, 0) is 0 Å². The van der Waals surface area contributed by atoms with Gasteiger partial charge >= 0.3 is 0 Å². The Labute approximate surface area is 334 Å². The van der Waals surface area contributed by atoms with E-state index in [1.54, 1.807) is 0 Å². The Balaban J connectivity index is 1.22. The lowest BCUT2D eigenvalue weighted by Crippen LogP contribution is -2.04. The van der Waals surface area contributed by atoms with Crippen molar-refractivity contribution in [1.29, 1.82) is 0 Å². The van der Waals surface area contributed by atoms with Crippen molar-refractivity contribution >= 4 is 53.3 Å². The van der Waals surface area contributed by atoms with Crippen LogP contribution in [-0.4, -0.2) is 19.5 Å². The monoisotopic (exact) mass is 746 g/mol. The van der Waals surface area contributed by atoms with Gasteiger partial charge in [0, 0.05) is 47.6 Å². The molecule has 0 N–H and O–H groups in total. The van der Waals surface area contributed by atoms with Crippen LogP contribution in [0.4, 0.5) is 0 Å². The highest BCUT2D eigenvalue weighted by Crippen LogP contribution is 2.43. The van der Waals surface area contributed by atoms with Crippen LogP contribution in [0.15, 0.2) is 188 Å². The van der Waals surface area contributed by atoms with E-state index in [0.717, 1.165) is 39.0 Å². The first-order valence-electron chi connectivity index (χ1n) is 19.2. The van der Waals surface area contributed by atoms with E-state index in [2.05, 4.69) is 163 Å². The van der Waals surface area contributed by atoms with E-state index in [9.17, 15) is 0 Å². The summed E-state index contributed by atoms with van der Waals surface area (Å²) in [5, 5.41) is 4.92. The number of para-hydroxylation sites is 1. The molecule has 3 heterocycles. The van der Waals surface area contributed by atoms with Crippen LogP contribution >= 0.6 is 11.3 Å². The number of hydrogen-bond acceptors (Lipinski definition) is 4. The van der Waals surface area contributed by atoms with Crippen molar-refractivity contribution in [3.63, 3.8) is 0 Å². The quantitative estimate of drug-likeness (QED) is 0.170. The summed E-state index contributed by atoms with van der Waals surface area (Å²) in [6.07, 6.45) is 0. The fourth-order valence-electron chi connectivity index (χ4n) is 8.32. The molecule has 11 aromatic rings. The largest absolute Gasteiger partial charge is 0.309 e. The minimum absolute atomic E-state index is 0.615. The zero-order valence-electron chi connectivity index (χ0n) is 31.1. The lowest BCUT2D eigenvalue weighted by Gasteiger charge is -2.17. The number of benzene rings is 8. The van der Waals surface area contributed by atoms with E-state index in [1.165, 1.54) is 53.2 Å². The first-order valence-corrected chi connectivity index (χ1v) is 20.0. The fraction of sp³-hybridized carbons (Fsp3) is 0.0192. The SMILES string of the molecule is Cc1ccccc1-c1ccc2c(c1)c1ccccc1n2-c1ccc(-c2cccc3sc4ccccc4c23)cc1-c1nc(-c2ccccc2)nc(-c2ccccc2)n1. The lowest BCUT2D eigenvalue weighted by atomic mass is 9.96. The maximum atomic E-state index is 5.30. The van der Waals surface area contributed by atoms with Crippen LogP contribution in [0.5, 0.6) is 0 Å². The molecule has 0 aliphatic carbocycles. The van der Waals surface area contributed by atoms with E-state index < -0.39 is 0 Å². The predicted octanol–water partition coefficient (Wildman–Crippen LogP) is 14.0. The Kier molecular flexibility index (Phi) is 7.86. The van der Waals surface area contributed by atoms with Crippen molar-refractivity contribution in [1.82, 2.24) is 19.5 Å². The molecule has 0 fully saturated rings. The van der Waals surface area contributed by atoms with Crippen LogP contribution in [0.1, 0.15) is 5.56 Å². The first-order chi connectivity index (χ1) is 28.2. The van der Waals surface area contributed by atoms with Gasteiger partial charge in [-0.05, 0) is 77.2 Å². The van der Waals surface area contributed by atoms with Crippen molar-refractivity contribution in [3.05, 3.63) is 194 Å². The zero-order valence-corrected chi connectivity index (χ0v) is 31.9. The molecule has 8 aromatic carbocycles. The fourth-order valence-corrected chi connectivity index (χ4v) is 9.45. The molecular weight excluding hydrogens is 713 g/mol. The third-order valence-electron chi connectivity index (χ3n) is 11.0. The van der Waals surface area contributed by atoms with Crippen LogP contribution in [0.2, 0.25) is 0 Å². The van der Waals surface area contributed by atoms with Crippen molar-refractivity contribution in [2.24, 2.45) is 0 Å². The molecule has 4 nitrogen and oxygen atoms in total. The second kappa shape index (κ2) is 13.5. The van der Waals surface area contributed by atoms with Gasteiger partial charge in [0.2, 0.25) is 0 Å². The van der Waals surface area contributed by atoms with Crippen molar-refractivity contribution in [2.75, 3.05) is 0 Å². The average molecular weight is 747 g/mol. The summed E-state index contributed by atoms with van der Waals surface area (Å²) < 4.78 is 4.94. The number of thiophene rings is 1. The van der Waals surface area contributed by atoms with E-state index in [1.807, 2.05) is 47.7 Å². The molecule has 0 atom stereocenters. The van der Waals surface area contributed by atoms with E-state index in [4.69, 9.17) is 15.0 Å². The molecule has 0 amide bonds. The molecule has 0 unspecified atom stereocenters. The second-order valence-electron chi connectivity index (χ2n) is 14.4. The Hall–Kier alpha value is -7.21. The Bertz CT molecular complexity index is 3250. The molecule has 0 bridgehead atoms. The van der Waals surface area contributed by atoms with Crippen LogP contribution in [0.3, 0.4) is 0 Å². The molecule has 3 aromatic heterocycles. The lowest BCUT2D eigenvalue weighted by molar-refractivity contribution is 1.06. The minimum atomic E-state index is 0.615. The van der Waals surface area contributed by atoms with Gasteiger partial charge in [-0.3, -0.25) is 0 Å². The van der Waals surface area contributed by atoms with Crippen molar-refractivity contribution < 1.29 is 0 Å². The van der Waals surface area contributed by atoms with Gasteiger partial charge in [-0.15, -0.1) is 11.3 Å². The van der Waals surface area contributed by atoms with Gasteiger partial charge in [0.05, 0.1) is 16.7 Å². The molecule has 5 heteroatoms. The third kappa shape index (κ3) is 5.63. The summed E-state index contributed by atoms with van der Waals surface area (Å²) in [5.41, 5.74) is 12.0. The van der Waals surface area contributed by atoms with Crippen LogP contribution in [0.25, 0.3) is 104 Å². The summed E-state index contributed by atoms with van der Waals surface area (Å²) in [6.45, 7) is 2.18. The topological polar surface area (TPSA) is 43.6 Å². The third-order valence-corrected chi connectivity index (χ3v) is 12.2. The molecule has 0 saturated carbocycles. The van der Waals surface area contributed by atoms with Crippen molar-refractivity contribution in [3.8, 4) is 62.1 Å². The van der Waals surface area contributed by atoms with Gasteiger partial charge in [0.15, 0.2) is 17.5 Å². The number of hydrogen-bond donors (Lipinski definition) is 0. The molecule has 57 heavy (non-hydrogen) atoms. The Morgan fingerprint density at radius 2 is 0.965 bits per heavy atom. The number of fused-ring (bicyclic) bond motifs is 6. The summed E-state index contributed by atoms with van der Waals surface area (Å²) in [4.78, 5) is 15.7. The molecule has 268 valence electrons. The Morgan fingerprint density at radius 3 is 1.74 bits per heavy atom. The van der Waals surface area contributed by atoms with Crippen LogP contribution < -0.4 is 0 Å². The van der Waals surface area contributed by atoms with Gasteiger partial charge < -0.3 is 4.57 Å². The number of aromatic nitrogens is 4. The van der Waals surface area contributed by atoms with Gasteiger partial charge in [0.1, 0.15) is 0 Å². The number of aryl methyl sites for hydroxylation is 1. The highest BCUT2D eigenvalue weighted by molar-refractivity contribution is 7.25. The minimum Gasteiger partial charge on any atom is -0.309 e. The van der Waals surface area contributed by atoms with Gasteiger partial charge in [-0.1, -0.05) is 146 Å². The average Bonchev–Trinajstić information content (AvgIpc) is 3.82. The Morgan fingerprint density at radius 1 is 0.386 bits per heavy atom. The first kappa shape index (κ1) is 33.2. The highest BCUT2D eigenvalue weighted by Gasteiger charge is 2.22. The normalized spacial score (nSPS) is 11.6. The number of nitrogens with zero attached hydrogens (tertiary/aromatic N) is 4. The summed E-state index contributed by atoms with van der Waals surface area (Å²) in [7, 11) is 0. The highest BCUT2D eigenvalue weighted by atomic mass is 32.1. The summed E-state index contributed by atoms with van der Waals surface area (Å²) in [5.74, 6) is 1.88. The maximum Gasteiger partial charge on any atom is 0.166 e. The molecular formula is C52H34N4S. The molecule has 0 aliphatic rings. The second-order valence-corrected chi connectivity index (χ2v) is 15.5. The standard InChI is InChI=1S/C52H34N4S/c1-33-15-8-9-20-38(33)36-27-29-45-42(31-36)40-21-10-12-24-44(40)56(45)46-30-28-37(39-23-14-26-48-49(39)41-22-11-13-25-47(41)57-48)32-43(46)52-54-50(34-16-4-2-5-17-34)53-51(55-52)35-18-6-3-7-19-35/h2-32H,1H3. The van der Waals surface area contributed by atoms with Gasteiger partial charge in [-0.25, -0.2) is 15.0 Å². The molecule has 0 aliphatic heterocycles. The zero-order chi connectivity index (χ0) is 37.9. The predicted molar refractivity (Wildman–Crippen MR) is 239 cm³/mol. The maximum absolute atomic E-state index is 5.30. The van der Waals surface area contributed by atoms with Crippen LogP contribution in [0, 0.1) is 6.92 Å². The molecule has 0 saturated heterocycles. The molecule has 0 radical (unpaired) electrons. The summed E-state index contributed by atoms with van der Waals surface area (Å²) in [6, 6.07) is 66.7. The summed E-state index contributed by atoms with van der Waals surface area (Å²) >= 11 is 1.84. The van der Waals surface area contributed by atoms with Gasteiger partial charge in [0.25, 0.3) is 0 Å². The molecule has 0 spiro atoms. The molecule has 11 rings (SSSR count). The van der Waals surface area contributed by atoms with E-state index >= 15 is 0 Å². The van der Waals surface area contributed by atoms with E-state index in [-0.39, 0.29) is 0 Å². The van der Waals surface area contributed by atoms with Crippen molar-refractivity contribution in [2.45, 2.75) is 6.92 Å². The number of rotatable bonds is 6. The van der Waals surface area contributed by atoms with Gasteiger partial charge in [-0.2, -0.15) is 0 Å². The smallest absolute Gasteiger partial charge is 0.166 e.